The van der Waals surface area contributed by atoms with Gasteiger partial charge in [0.2, 0.25) is 5.91 Å². The molecule has 0 saturated carbocycles. The lowest BCUT2D eigenvalue weighted by atomic mass is 10.1. The third-order valence-corrected chi connectivity index (χ3v) is 6.26. The Hall–Kier alpha value is -1.97. The molecule has 148 valence electrons. The fourth-order valence-electron chi connectivity index (χ4n) is 2.61. The summed E-state index contributed by atoms with van der Waals surface area (Å²) in [6, 6.07) is 5.31. The predicted molar refractivity (Wildman–Crippen MR) is 112 cm³/mol. The van der Waals surface area contributed by atoms with E-state index in [0.717, 1.165) is 22.7 Å². The number of thiazole rings is 1. The first-order valence-corrected chi connectivity index (χ1v) is 11.1. The van der Waals surface area contributed by atoms with Crippen LogP contribution >= 0.6 is 11.3 Å². The number of aryl methyl sites for hydroxylation is 1. The average Bonchev–Trinajstić information content (AvgIpc) is 2.90. The first kappa shape index (κ1) is 21.3. The molecule has 1 N–H and O–H groups in total. The maximum absolute atomic E-state index is 12.2. The van der Waals surface area contributed by atoms with E-state index >= 15 is 0 Å². The van der Waals surface area contributed by atoms with Crippen LogP contribution < -0.4 is 10.2 Å². The highest BCUT2D eigenvalue weighted by atomic mass is 32.2. The van der Waals surface area contributed by atoms with Gasteiger partial charge in [0.1, 0.15) is 0 Å². The van der Waals surface area contributed by atoms with Crippen LogP contribution in [-0.2, 0) is 14.6 Å². The summed E-state index contributed by atoms with van der Waals surface area (Å²) in [6.07, 6.45) is 1.22. The molecule has 0 saturated heterocycles. The van der Waals surface area contributed by atoms with Crippen LogP contribution in [0.3, 0.4) is 0 Å². The fourth-order valence-corrected chi connectivity index (χ4v) is 4.53. The van der Waals surface area contributed by atoms with Crippen LogP contribution in [0.2, 0.25) is 0 Å². The molecule has 2 aromatic rings. The largest absolute Gasteiger partial charge is 0.372 e. The molecule has 0 aliphatic rings. The van der Waals surface area contributed by atoms with Crippen molar-refractivity contribution >= 4 is 37.9 Å². The third kappa shape index (κ3) is 5.50. The standard InChI is InChI=1S/C18H26N4O3S2/c1-12-17(26-18(19-12)20-13(2)23)14-7-8-16(27(6,24)25)15(11-14)22(5)10-9-21(3)4/h7-8,11H,9-10H2,1-6H3,(H,19,20,23). The molecule has 2 rings (SSSR count). The van der Waals surface area contributed by atoms with Gasteiger partial charge in [-0.2, -0.15) is 0 Å². The molecular weight excluding hydrogens is 384 g/mol. The van der Waals surface area contributed by atoms with Gasteiger partial charge in [-0.05, 0) is 38.7 Å². The van der Waals surface area contributed by atoms with Crippen molar-refractivity contribution in [2.75, 3.05) is 50.7 Å². The average molecular weight is 411 g/mol. The fraction of sp³-hybridized carbons (Fsp3) is 0.444. The molecule has 0 atom stereocenters. The van der Waals surface area contributed by atoms with Gasteiger partial charge in [-0.25, -0.2) is 13.4 Å². The lowest BCUT2D eigenvalue weighted by Crippen LogP contribution is -2.29. The summed E-state index contributed by atoms with van der Waals surface area (Å²) in [5.74, 6) is -0.174. The zero-order valence-corrected chi connectivity index (χ0v) is 18.2. The minimum absolute atomic E-state index is 0.174. The molecule has 0 radical (unpaired) electrons. The van der Waals surface area contributed by atoms with E-state index in [2.05, 4.69) is 10.3 Å². The molecule has 0 aliphatic heterocycles. The third-order valence-electron chi connectivity index (χ3n) is 3.99. The second-order valence-corrected chi connectivity index (χ2v) is 9.78. The van der Waals surface area contributed by atoms with Crippen molar-refractivity contribution in [2.45, 2.75) is 18.7 Å². The number of nitrogens with zero attached hydrogens (tertiary/aromatic N) is 3. The molecule has 0 fully saturated rings. The van der Waals surface area contributed by atoms with Gasteiger partial charge < -0.3 is 15.1 Å². The van der Waals surface area contributed by atoms with Gasteiger partial charge in [-0.3, -0.25) is 4.79 Å². The van der Waals surface area contributed by atoms with E-state index in [0.29, 0.717) is 22.3 Å². The van der Waals surface area contributed by atoms with Crippen LogP contribution in [0.25, 0.3) is 10.4 Å². The summed E-state index contributed by atoms with van der Waals surface area (Å²) in [5.41, 5.74) is 2.32. The number of sulfone groups is 1. The topological polar surface area (TPSA) is 82.6 Å². The van der Waals surface area contributed by atoms with E-state index < -0.39 is 9.84 Å². The van der Waals surface area contributed by atoms with Gasteiger partial charge in [-0.15, -0.1) is 0 Å². The SMILES string of the molecule is CC(=O)Nc1nc(C)c(-c2ccc(S(C)(=O)=O)c(N(C)CCN(C)C)c2)s1. The van der Waals surface area contributed by atoms with E-state index in [1.807, 2.05) is 43.9 Å². The normalized spacial score (nSPS) is 11.7. The molecule has 7 nitrogen and oxygen atoms in total. The van der Waals surface area contributed by atoms with Gasteiger partial charge >= 0.3 is 0 Å². The number of benzene rings is 1. The van der Waals surface area contributed by atoms with Crippen molar-refractivity contribution in [3.63, 3.8) is 0 Å². The second-order valence-electron chi connectivity index (χ2n) is 6.79. The molecule has 9 heteroatoms. The molecule has 27 heavy (non-hydrogen) atoms. The van der Waals surface area contributed by atoms with Crippen molar-refractivity contribution in [3.8, 4) is 10.4 Å². The van der Waals surface area contributed by atoms with Crippen molar-refractivity contribution < 1.29 is 13.2 Å². The van der Waals surface area contributed by atoms with Crippen molar-refractivity contribution in [1.29, 1.82) is 0 Å². The number of likely N-dealkylation sites (N-methyl/N-ethyl adjacent to an activating group) is 2. The highest BCUT2D eigenvalue weighted by Crippen LogP contribution is 2.36. The molecule has 0 aliphatic carbocycles. The maximum Gasteiger partial charge on any atom is 0.223 e. The Morgan fingerprint density at radius 3 is 2.44 bits per heavy atom. The van der Waals surface area contributed by atoms with Crippen molar-refractivity contribution in [2.24, 2.45) is 0 Å². The Kier molecular flexibility index (Phi) is 6.61. The Labute approximate surface area is 164 Å². The first-order chi connectivity index (χ1) is 12.5. The molecule has 1 amide bonds. The zero-order chi connectivity index (χ0) is 20.4. The minimum Gasteiger partial charge on any atom is -0.372 e. The van der Waals surface area contributed by atoms with E-state index in [-0.39, 0.29) is 5.91 Å². The van der Waals surface area contributed by atoms with E-state index in [4.69, 9.17) is 0 Å². The highest BCUT2D eigenvalue weighted by Gasteiger charge is 2.19. The molecule has 0 unspecified atom stereocenters. The molecule has 1 aromatic carbocycles. The van der Waals surface area contributed by atoms with Gasteiger partial charge in [0, 0.05) is 33.3 Å². The van der Waals surface area contributed by atoms with Gasteiger partial charge in [0.15, 0.2) is 15.0 Å². The van der Waals surface area contributed by atoms with Crippen LogP contribution in [0.5, 0.6) is 0 Å². The monoisotopic (exact) mass is 410 g/mol. The summed E-state index contributed by atoms with van der Waals surface area (Å²) in [5, 5.41) is 3.23. The Bertz CT molecular complexity index is 936. The summed E-state index contributed by atoms with van der Waals surface area (Å²) in [7, 11) is 2.48. The molecule has 0 bridgehead atoms. The molecular formula is C18H26N4O3S2. The summed E-state index contributed by atoms with van der Waals surface area (Å²) in [4.78, 5) is 20.9. The lowest BCUT2D eigenvalue weighted by molar-refractivity contribution is -0.114. The number of rotatable bonds is 7. The first-order valence-electron chi connectivity index (χ1n) is 8.44. The van der Waals surface area contributed by atoms with Crippen LogP contribution in [0, 0.1) is 6.92 Å². The van der Waals surface area contributed by atoms with Crippen molar-refractivity contribution in [3.05, 3.63) is 23.9 Å². The van der Waals surface area contributed by atoms with Gasteiger partial charge in [-0.1, -0.05) is 17.4 Å². The quantitative estimate of drug-likeness (QED) is 0.755. The molecule has 1 aromatic heterocycles. The lowest BCUT2D eigenvalue weighted by Gasteiger charge is -2.24. The Morgan fingerprint density at radius 2 is 1.89 bits per heavy atom. The Morgan fingerprint density at radius 1 is 1.22 bits per heavy atom. The smallest absolute Gasteiger partial charge is 0.223 e. The number of nitrogens with one attached hydrogen (secondary N) is 1. The Balaban J connectivity index is 2.49. The summed E-state index contributed by atoms with van der Waals surface area (Å²) in [6.45, 7) is 4.81. The number of hydrogen-bond acceptors (Lipinski definition) is 7. The molecule has 1 heterocycles. The second kappa shape index (κ2) is 8.37. The zero-order valence-electron chi connectivity index (χ0n) is 16.5. The number of carbonyl (C=O) groups excluding carboxylic acids is 1. The summed E-state index contributed by atoms with van der Waals surface area (Å²) >= 11 is 1.37. The van der Waals surface area contributed by atoms with Crippen molar-refractivity contribution in [1.82, 2.24) is 9.88 Å². The predicted octanol–water partition coefficient (Wildman–Crippen LogP) is 2.48. The van der Waals surface area contributed by atoms with Gasteiger partial charge in [0.05, 0.1) is 21.2 Å². The molecule has 0 spiro atoms. The number of carbonyl (C=O) groups is 1. The number of hydrogen-bond donors (Lipinski definition) is 1. The maximum atomic E-state index is 12.2. The van der Waals surface area contributed by atoms with Crippen LogP contribution in [0.15, 0.2) is 23.1 Å². The number of anilines is 2. The van der Waals surface area contributed by atoms with E-state index in [1.165, 1.54) is 24.5 Å². The number of amides is 1. The van der Waals surface area contributed by atoms with Crippen LogP contribution in [0.4, 0.5) is 10.8 Å². The number of aromatic nitrogens is 1. The summed E-state index contributed by atoms with van der Waals surface area (Å²) < 4.78 is 24.5. The van der Waals surface area contributed by atoms with E-state index in [9.17, 15) is 13.2 Å². The van der Waals surface area contributed by atoms with Crippen LogP contribution in [0.1, 0.15) is 12.6 Å². The van der Waals surface area contributed by atoms with Gasteiger partial charge in [0.25, 0.3) is 0 Å². The van der Waals surface area contributed by atoms with E-state index in [1.54, 1.807) is 12.1 Å². The minimum atomic E-state index is -3.36. The highest BCUT2D eigenvalue weighted by molar-refractivity contribution is 7.90. The van der Waals surface area contributed by atoms with Crippen LogP contribution in [-0.4, -0.2) is 64.7 Å².